The van der Waals surface area contributed by atoms with Crippen molar-refractivity contribution in [1.82, 2.24) is 0 Å². The van der Waals surface area contributed by atoms with Gasteiger partial charge in [-0.2, -0.15) is 0 Å². The molecule has 0 fully saturated rings. The first-order chi connectivity index (χ1) is 28.0. The summed E-state index contributed by atoms with van der Waals surface area (Å²) in [5.41, 5.74) is 0. The van der Waals surface area contributed by atoms with Crippen LogP contribution in [-0.2, 0) is 28.6 Å². The Balaban J connectivity index is 4.22. The van der Waals surface area contributed by atoms with Gasteiger partial charge in [0, 0.05) is 19.3 Å². The van der Waals surface area contributed by atoms with Crippen molar-refractivity contribution >= 4 is 17.9 Å². The van der Waals surface area contributed by atoms with Crippen molar-refractivity contribution in [2.45, 2.75) is 258 Å². The van der Waals surface area contributed by atoms with Gasteiger partial charge in [-0.25, -0.2) is 0 Å². The first kappa shape index (κ1) is 54.6. The molecular weight excluding hydrogens is 709 g/mol. The molecule has 332 valence electrons. The highest BCUT2D eigenvalue weighted by atomic mass is 16.6. The van der Waals surface area contributed by atoms with Gasteiger partial charge in [0.05, 0.1) is 0 Å². The molecule has 0 heterocycles. The van der Waals surface area contributed by atoms with Crippen LogP contribution < -0.4 is 0 Å². The van der Waals surface area contributed by atoms with E-state index in [9.17, 15) is 14.4 Å². The average molecular weight is 801 g/mol. The average Bonchev–Trinajstić information content (AvgIpc) is 3.21. The molecule has 0 saturated heterocycles. The van der Waals surface area contributed by atoms with Crippen molar-refractivity contribution in [3.63, 3.8) is 0 Å². The van der Waals surface area contributed by atoms with Gasteiger partial charge in [-0.15, -0.1) is 0 Å². The van der Waals surface area contributed by atoms with Crippen LogP contribution in [-0.4, -0.2) is 37.2 Å². The molecule has 6 nitrogen and oxygen atoms in total. The fourth-order valence-electron chi connectivity index (χ4n) is 6.92. The van der Waals surface area contributed by atoms with Crippen LogP contribution in [0.25, 0.3) is 0 Å². The molecule has 6 heteroatoms. The second-order valence-corrected chi connectivity index (χ2v) is 16.4. The van der Waals surface area contributed by atoms with E-state index in [-0.39, 0.29) is 31.1 Å². The summed E-state index contributed by atoms with van der Waals surface area (Å²) in [4.78, 5) is 37.6. The summed E-state index contributed by atoms with van der Waals surface area (Å²) >= 11 is 0. The molecule has 0 aromatic carbocycles. The molecule has 57 heavy (non-hydrogen) atoms. The number of unbranched alkanes of at least 4 members (excludes halogenated alkanes) is 27. The number of hydrogen-bond donors (Lipinski definition) is 0. The van der Waals surface area contributed by atoms with Gasteiger partial charge in [-0.1, -0.05) is 211 Å². The lowest BCUT2D eigenvalue weighted by Gasteiger charge is -2.18. The van der Waals surface area contributed by atoms with Crippen LogP contribution in [0.2, 0.25) is 0 Å². The lowest BCUT2D eigenvalue weighted by molar-refractivity contribution is -0.167. The van der Waals surface area contributed by atoms with Crippen LogP contribution >= 0.6 is 0 Å². The Kier molecular flexibility index (Phi) is 44.4. The normalized spacial score (nSPS) is 12.3. The zero-order valence-electron chi connectivity index (χ0n) is 37.9. The van der Waals surface area contributed by atoms with Crippen LogP contribution in [0, 0.1) is 0 Å². The van der Waals surface area contributed by atoms with Crippen LogP contribution in [0.15, 0.2) is 36.5 Å². The van der Waals surface area contributed by atoms with Gasteiger partial charge in [-0.3, -0.25) is 14.4 Å². The fourth-order valence-corrected chi connectivity index (χ4v) is 6.92. The Morgan fingerprint density at radius 2 is 0.632 bits per heavy atom. The van der Waals surface area contributed by atoms with Crippen LogP contribution in [0.5, 0.6) is 0 Å². The molecule has 0 aliphatic heterocycles. The maximum Gasteiger partial charge on any atom is 0.306 e. The van der Waals surface area contributed by atoms with Gasteiger partial charge in [0.2, 0.25) is 0 Å². The van der Waals surface area contributed by atoms with Crippen LogP contribution in [0.1, 0.15) is 252 Å². The third-order valence-electron chi connectivity index (χ3n) is 10.6. The standard InChI is InChI=1S/C51H92O6/c1-4-7-10-13-16-18-20-21-22-23-24-25-26-27-28-29-31-32-35-38-41-44-50(53)56-47-48(46-55-49(52)43-40-37-34-15-12-9-6-3)57-51(54)45-42-39-36-33-30-19-17-14-11-8-5-2/h20-21,23-24,26-27,48H,4-19,22,25,28-47H2,1-3H3/b21-20-,24-23-,27-26-. The largest absolute Gasteiger partial charge is 0.462 e. The second-order valence-electron chi connectivity index (χ2n) is 16.4. The number of rotatable bonds is 44. The highest BCUT2D eigenvalue weighted by Crippen LogP contribution is 2.14. The molecule has 0 spiro atoms. The molecule has 0 rings (SSSR count). The zero-order valence-corrected chi connectivity index (χ0v) is 37.9. The van der Waals surface area contributed by atoms with Gasteiger partial charge in [0.1, 0.15) is 13.2 Å². The minimum atomic E-state index is -0.769. The molecule has 0 bridgehead atoms. The first-order valence-corrected chi connectivity index (χ1v) is 24.5. The van der Waals surface area contributed by atoms with E-state index in [2.05, 4.69) is 57.2 Å². The third kappa shape index (κ3) is 44.6. The Hall–Kier alpha value is -2.37. The molecule has 0 amide bonds. The zero-order chi connectivity index (χ0) is 41.5. The SMILES string of the molecule is CCCCCCC/C=C\C/C=C\C/C=C\CCCCCCCCC(=O)OCC(COC(=O)CCCCCCCCC)OC(=O)CCCCCCCCCCCCC. The molecule has 0 aliphatic rings. The Labute approximate surface area is 353 Å². The number of carbonyl (C=O) groups excluding carboxylic acids is 3. The monoisotopic (exact) mass is 801 g/mol. The van der Waals surface area contributed by atoms with E-state index in [4.69, 9.17) is 14.2 Å². The fraction of sp³-hybridized carbons (Fsp3) is 0.824. The summed E-state index contributed by atoms with van der Waals surface area (Å²) < 4.78 is 16.7. The summed E-state index contributed by atoms with van der Waals surface area (Å²) in [5.74, 6) is -0.889. The molecule has 0 aromatic rings. The number of ether oxygens (including phenoxy) is 3. The number of allylic oxidation sites excluding steroid dienone is 6. The van der Waals surface area contributed by atoms with Gasteiger partial charge >= 0.3 is 17.9 Å². The summed E-state index contributed by atoms with van der Waals surface area (Å²) in [6.45, 7) is 6.57. The van der Waals surface area contributed by atoms with E-state index < -0.39 is 6.10 Å². The Bertz CT molecular complexity index is 969. The maximum absolute atomic E-state index is 12.7. The van der Waals surface area contributed by atoms with Crippen LogP contribution in [0.3, 0.4) is 0 Å². The summed E-state index contributed by atoms with van der Waals surface area (Å²) in [5, 5.41) is 0. The van der Waals surface area contributed by atoms with E-state index >= 15 is 0 Å². The quantitative estimate of drug-likeness (QED) is 0.0264. The van der Waals surface area contributed by atoms with E-state index in [1.807, 2.05) is 0 Å². The highest BCUT2D eigenvalue weighted by molar-refractivity contribution is 5.71. The number of esters is 3. The molecule has 0 saturated carbocycles. The Morgan fingerprint density at radius 1 is 0.351 bits per heavy atom. The van der Waals surface area contributed by atoms with E-state index in [0.717, 1.165) is 77.0 Å². The number of hydrogen-bond acceptors (Lipinski definition) is 6. The lowest BCUT2D eigenvalue weighted by Crippen LogP contribution is -2.30. The molecule has 0 N–H and O–H groups in total. The molecular formula is C51H92O6. The highest BCUT2D eigenvalue weighted by Gasteiger charge is 2.19. The summed E-state index contributed by atoms with van der Waals surface area (Å²) in [6.07, 6.45) is 52.8. The third-order valence-corrected chi connectivity index (χ3v) is 10.6. The van der Waals surface area contributed by atoms with Crippen molar-refractivity contribution in [3.05, 3.63) is 36.5 Å². The van der Waals surface area contributed by atoms with E-state index in [0.29, 0.717) is 19.3 Å². The molecule has 0 aliphatic carbocycles. The second kappa shape index (κ2) is 46.3. The summed E-state index contributed by atoms with van der Waals surface area (Å²) in [6, 6.07) is 0. The minimum absolute atomic E-state index is 0.0740. The van der Waals surface area contributed by atoms with Crippen molar-refractivity contribution in [2.75, 3.05) is 13.2 Å². The van der Waals surface area contributed by atoms with Crippen molar-refractivity contribution < 1.29 is 28.6 Å². The molecule has 0 radical (unpaired) electrons. The Morgan fingerprint density at radius 3 is 0.982 bits per heavy atom. The molecule has 1 atom stereocenters. The van der Waals surface area contributed by atoms with Crippen LogP contribution in [0.4, 0.5) is 0 Å². The van der Waals surface area contributed by atoms with Gasteiger partial charge in [-0.05, 0) is 57.8 Å². The van der Waals surface area contributed by atoms with Gasteiger partial charge < -0.3 is 14.2 Å². The van der Waals surface area contributed by atoms with E-state index in [1.54, 1.807) is 0 Å². The molecule has 0 aromatic heterocycles. The maximum atomic E-state index is 12.7. The van der Waals surface area contributed by atoms with Gasteiger partial charge in [0.25, 0.3) is 0 Å². The van der Waals surface area contributed by atoms with Gasteiger partial charge in [0.15, 0.2) is 6.10 Å². The summed E-state index contributed by atoms with van der Waals surface area (Å²) in [7, 11) is 0. The predicted molar refractivity (Wildman–Crippen MR) is 242 cm³/mol. The predicted octanol–water partition coefficient (Wildman–Crippen LogP) is 15.8. The van der Waals surface area contributed by atoms with Crippen molar-refractivity contribution in [2.24, 2.45) is 0 Å². The minimum Gasteiger partial charge on any atom is -0.462 e. The number of carbonyl (C=O) groups is 3. The van der Waals surface area contributed by atoms with Crippen molar-refractivity contribution in [3.8, 4) is 0 Å². The smallest absolute Gasteiger partial charge is 0.306 e. The van der Waals surface area contributed by atoms with E-state index in [1.165, 1.54) is 135 Å². The lowest BCUT2D eigenvalue weighted by atomic mass is 10.1. The topological polar surface area (TPSA) is 78.9 Å². The van der Waals surface area contributed by atoms with Crippen molar-refractivity contribution in [1.29, 1.82) is 0 Å². The molecule has 1 unspecified atom stereocenters. The first-order valence-electron chi connectivity index (χ1n) is 24.5.